The smallest absolute Gasteiger partial charge is 0.432 e. The first-order valence-corrected chi connectivity index (χ1v) is 7.52. The molecule has 0 aliphatic heterocycles. The average molecular weight is 379 g/mol. The van der Waals surface area contributed by atoms with Gasteiger partial charge in [0, 0.05) is 24.4 Å². The van der Waals surface area contributed by atoms with Crippen molar-refractivity contribution in [2.24, 2.45) is 5.73 Å². The summed E-state index contributed by atoms with van der Waals surface area (Å²) in [6.45, 7) is -0.00394. The molecule has 2 aromatic heterocycles. The monoisotopic (exact) mass is 379 g/mol. The fourth-order valence-corrected chi connectivity index (χ4v) is 2.29. The van der Waals surface area contributed by atoms with Gasteiger partial charge in [-0.25, -0.2) is 4.98 Å². The van der Waals surface area contributed by atoms with E-state index in [-0.39, 0.29) is 35.2 Å². The van der Waals surface area contributed by atoms with Gasteiger partial charge < -0.3 is 15.5 Å². The SMILES string of the molecule is NCc1ccc(Oc2ccnc(-c3ncc(C(F)(F)F)[nH]3)c2)cc1[N+](=O)[O-]. The number of nitro groups is 1. The highest BCUT2D eigenvalue weighted by Gasteiger charge is 2.33. The average Bonchev–Trinajstić information content (AvgIpc) is 3.12. The first-order chi connectivity index (χ1) is 12.8. The van der Waals surface area contributed by atoms with E-state index in [9.17, 15) is 23.3 Å². The number of halogens is 3. The van der Waals surface area contributed by atoms with E-state index in [0.29, 0.717) is 11.8 Å². The van der Waals surface area contributed by atoms with Crippen LogP contribution in [0.4, 0.5) is 18.9 Å². The zero-order valence-electron chi connectivity index (χ0n) is 13.5. The van der Waals surface area contributed by atoms with Crippen molar-refractivity contribution < 1.29 is 22.8 Å². The second kappa shape index (κ2) is 7.03. The lowest BCUT2D eigenvalue weighted by Crippen LogP contribution is -2.04. The highest BCUT2D eigenvalue weighted by Crippen LogP contribution is 2.31. The van der Waals surface area contributed by atoms with Crippen LogP contribution in [0.2, 0.25) is 0 Å². The third kappa shape index (κ3) is 4.03. The number of rotatable bonds is 5. The van der Waals surface area contributed by atoms with Crippen molar-refractivity contribution in [3.05, 3.63) is 64.1 Å². The van der Waals surface area contributed by atoms with Crippen LogP contribution in [0.5, 0.6) is 11.5 Å². The van der Waals surface area contributed by atoms with E-state index in [1.165, 1.54) is 36.5 Å². The quantitative estimate of drug-likeness (QED) is 0.516. The van der Waals surface area contributed by atoms with Gasteiger partial charge in [-0.15, -0.1) is 0 Å². The maximum atomic E-state index is 12.7. The van der Waals surface area contributed by atoms with Gasteiger partial charge in [-0.3, -0.25) is 15.1 Å². The maximum absolute atomic E-state index is 12.7. The largest absolute Gasteiger partial charge is 0.457 e. The van der Waals surface area contributed by atoms with Crippen LogP contribution in [-0.2, 0) is 12.7 Å². The minimum Gasteiger partial charge on any atom is -0.457 e. The Hall–Kier alpha value is -3.47. The lowest BCUT2D eigenvalue weighted by atomic mass is 10.1. The fraction of sp³-hybridized carbons (Fsp3) is 0.125. The molecule has 0 aliphatic rings. The number of alkyl halides is 3. The number of hydrogen-bond donors (Lipinski definition) is 2. The molecule has 0 radical (unpaired) electrons. The molecule has 0 spiro atoms. The first kappa shape index (κ1) is 18.3. The summed E-state index contributed by atoms with van der Waals surface area (Å²) in [4.78, 5) is 20.3. The Balaban J connectivity index is 1.87. The predicted molar refractivity (Wildman–Crippen MR) is 87.9 cm³/mol. The molecule has 27 heavy (non-hydrogen) atoms. The molecule has 3 aromatic rings. The van der Waals surface area contributed by atoms with Crippen LogP contribution in [0.25, 0.3) is 11.5 Å². The molecule has 0 amide bonds. The predicted octanol–water partition coefficient (Wildman–Crippen LogP) is 3.65. The van der Waals surface area contributed by atoms with Gasteiger partial charge in [0.15, 0.2) is 5.82 Å². The Kier molecular flexibility index (Phi) is 4.77. The van der Waals surface area contributed by atoms with Crippen molar-refractivity contribution in [3.63, 3.8) is 0 Å². The number of aromatic nitrogens is 3. The van der Waals surface area contributed by atoms with Crippen LogP contribution in [-0.4, -0.2) is 19.9 Å². The number of imidazole rings is 1. The van der Waals surface area contributed by atoms with E-state index in [4.69, 9.17) is 10.5 Å². The Morgan fingerprint density at radius 1 is 1.19 bits per heavy atom. The van der Waals surface area contributed by atoms with Crippen LogP contribution < -0.4 is 10.5 Å². The maximum Gasteiger partial charge on any atom is 0.432 e. The number of nitro benzene ring substituents is 1. The number of H-pyrrole nitrogens is 1. The van der Waals surface area contributed by atoms with Gasteiger partial charge in [0.05, 0.1) is 17.2 Å². The van der Waals surface area contributed by atoms with E-state index in [0.717, 1.165) is 0 Å². The molecule has 0 aliphatic carbocycles. The van der Waals surface area contributed by atoms with Crippen LogP contribution in [0.1, 0.15) is 11.3 Å². The normalized spacial score (nSPS) is 11.4. The van der Waals surface area contributed by atoms with Gasteiger partial charge in [-0.1, -0.05) is 0 Å². The topological polar surface area (TPSA) is 120 Å². The first-order valence-electron chi connectivity index (χ1n) is 7.52. The molecule has 0 unspecified atom stereocenters. The minimum absolute atomic E-state index is 0.00394. The molecule has 8 nitrogen and oxygen atoms in total. The summed E-state index contributed by atoms with van der Waals surface area (Å²) in [7, 11) is 0. The van der Waals surface area contributed by atoms with E-state index in [2.05, 4.69) is 15.0 Å². The molecule has 0 fully saturated rings. The highest BCUT2D eigenvalue weighted by atomic mass is 19.4. The Labute approximate surface area is 150 Å². The number of nitrogens with zero attached hydrogens (tertiary/aromatic N) is 3. The molecule has 0 saturated heterocycles. The lowest BCUT2D eigenvalue weighted by Gasteiger charge is -2.08. The molecule has 0 saturated carbocycles. The number of nitrogens with one attached hydrogen (secondary N) is 1. The van der Waals surface area contributed by atoms with Crippen LogP contribution in [0, 0.1) is 10.1 Å². The van der Waals surface area contributed by atoms with Crippen LogP contribution in [0.15, 0.2) is 42.7 Å². The van der Waals surface area contributed by atoms with E-state index < -0.39 is 16.8 Å². The molecule has 0 bridgehead atoms. The summed E-state index contributed by atoms with van der Waals surface area (Å²) in [5.41, 5.74) is 4.74. The van der Waals surface area contributed by atoms with E-state index >= 15 is 0 Å². The number of aromatic amines is 1. The third-order valence-corrected chi connectivity index (χ3v) is 3.56. The minimum atomic E-state index is -4.55. The summed E-state index contributed by atoms with van der Waals surface area (Å²) in [5, 5.41) is 11.1. The van der Waals surface area contributed by atoms with Crippen LogP contribution in [0.3, 0.4) is 0 Å². The van der Waals surface area contributed by atoms with Gasteiger partial charge in [0.25, 0.3) is 5.69 Å². The molecule has 140 valence electrons. The summed E-state index contributed by atoms with van der Waals surface area (Å²) >= 11 is 0. The second-order valence-corrected chi connectivity index (χ2v) is 5.37. The van der Waals surface area contributed by atoms with Gasteiger partial charge in [0.2, 0.25) is 0 Å². The summed E-state index contributed by atoms with van der Waals surface area (Å²) < 4.78 is 43.6. The fourth-order valence-electron chi connectivity index (χ4n) is 2.29. The third-order valence-electron chi connectivity index (χ3n) is 3.56. The van der Waals surface area contributed by atoms with Crippen LogP contribution >= 0.6 is 0 Å². The van der Waals surface area contributed by atoms with Crippen molar-refractivity contribution in [3.8, 4) is 23.0 Å². The number of ether oxygens (including phenoxy) is 1. The highest BCUT2D eigenvalue weighted by molar-refractivity contribution is 5.53. The molecule has 11 heteroatoms. The van der Waals surface area contributed by atoms with Gasteiger partial charge in [0.1, 0.15) is 22.9 Å². The molecule has 2 heterocycles. The lowest BCUT2D eigenvalue weighted by molar-refractivity contribution is -0.385. The number of benzene rings is 1. The Bertz CT molecular complexity index is 987. The van der Waals surface area contributed by atoms with E-state index in [1.807, 2.05) is 0 Å². The van der Waals surface area contributed by atoms with Crippen molar-refractivity contribution >= 4 is 5.69 Å². The molecular weight excluding hydrogens is 367 g/mol. The molecular formula is C16H12F3N5O3. The summed E-state index contributed by atoms with van der Waals surface area (Å²) in [6.07, 6.45) is -2.56. The second-order valence-electron chi connectivity index (χ2n) is 5.37. The molecule has 3 rings (SSSR count). The zero-order chi connectivity index (χ0) is 19.6. The Morgan fingerprint density at radius 2 is 1.93 bits per heavy atom. The zero-order valence-corrected chi connectivity index (χ0v) is 13.5. The Morgan fingerprint density at radius 3 is 2.56 bits per heavy atom. The summed E-state index contributed by atoms with van der Waals surface area (Å²) in [6, 6.07) is 7.01. The standard InChI is InChI=1S/C16H12F3N5O3/c17-16(18,19)14-8-22-15(23-14)12-5-11(3-4-21-12)27-10-2-1-9(7-20)13(6-10)24(25)26/h1-6,8H,7,20H2,(H,22,23). The van der Waals surface area contributed by atoms with Crippen molar-refractivity contribution in [2.45, 2.75) is 12.7 Å². The van der Waals surface area contributed by atoms with Crippen molar-refractivity contribution in [1.82, 2.24) is 15.0 Å². The van der Waals surface area contributed by atoms with Crippen molar-refractivity contribution in [2.75, 3.05) is 0 Å². The number of hydrogen-bond acceptors (Lipinski definition) is 6. The van der Waals surface area contributed by atoms with Gasteiger partial charge >= 0.3 is 6.18 Å². The van der Waals surface area contributed by atoms with Gasteiger partial charge in [-0.05, 0) is 18.2 Å². The number of pyridine rings is 1. The van der Waals surface area contributed by atoms with Crippen molar-refractivity contribution in [1.29, 1.82) is 0 Å². The molecule has 0 atom stereocenters. The van der Waals surface area contributed by atoms with E-state index in [1.54, 1.807) is 0 Å². The van der Waals surface area contributed by atoms with Gasteiger partial charge in [-0.2, -0.15) is 13.2 Å². The summed E-state index contributed by atoms with van der Waals surface area (Å²) in [5.74, 6) is 0.309. The number of nitrogens with two attached hydrogens (primary N) is 1. The molecule has 3 N–H and O–H groups in total. The molecule has 1 aromatic carbocycles.